The minimum absolute atomic E-state index is 0.0517. The van der Waals surface area contributed by atoms with Crippen LogP contribution in [0, 0.1) is 5.92 Å². The number of halogens is 4. The number of rotatable bonds is 8. The van der Waals surface area contributed by atoms with Crippen molar-refractivity contribution in [2.75, 3.05) is 11.5 Å². The smallest absolute Gasteiger partial charge is 0.416 e. The summed E-state index contributed by atoms with van der Waals surface area (Å²) < 4.78 is 39.0. The molecule has 3 aromatic carbocycles. The lowest BCUT2D eigenvalue weighted by Gasteiger charge is -2.27. The number of carbonyl (C=O) groups excluding carboxylic acids is 1. The molecule has 1 amide bonds. The fraction of sp³-hybridized carbons (Fsp3) is 0.240. The number of nitrogens with zero attached hydrogens (tertiary/aromatic N) is 1. The maximum absolute atomic E-state index is 13.4. The van der Waals surface area contributed by atoms with Crippen LogP contribution in [0.4, 0.5) is 24.5 Å². The molecule has 0 radical (unpaired) electrons. The van der Waals surface area contributed by atoms with Crippen LogP contribution in [0.1, 0.15) is 24.0 Å². The number of phenolic OH excluding ortho intramolecular Hbond substituents is 1. The maximum Gasteiger partial charge on any atom is 0.416 e. The van der Waals surface area contributed by atoms with Gasteiger partial charge in [-0.05, 0) is 79.4 Å². The van der Waals surface area contributed by atoms with Crippen LogP contribution in [-0.2, 0) is 17.4 Å². The highest BCUT2D eigenvalue weighted by atomic mass is 35.5. The van der Waals surface area contributed by atoms with Crippen molar-refractivity contribution in [3.05, 3.63) is 88.9 Å². The number of alkyl halides is 3. The van der Waals surface area contributed by atoms with E-state index in [9.17, 15) is 28.2 Å². The largest absolute Gasteiger partial charge is 0.508 e. The lowest BCUT2D eigenvalue weighted by Crippen LogP contribution is -2.34. The van der Waals surface area contributed by atoms with Gasteiger partial charge in [0.2, 0.25) is 5.91 Å². The molecule has 174 valence electrons. The Kier molecular flexibility index (Phi) is 8.00. The zero-order valence-corrected chi connectivity index (χ0v) is 18.4. The van der Waals surface area contributed by atoms with E-state index in [1.807, 2.05) is 6.07 Å². The zero-order valence-electron chi connectivity index (χ0n) is 17.6. The first-order valence-electron chi connectivity index (χ1n) is 10.3. The standard InChI is InChI=1S/C25H23ClF3NO3/c26-23-14-9-19(25(27,28)29)15-17(23)5-4-6-18(16-31)24(33)30(20-7-2-1-3-8-20)21-10-12-22(32)13-11-21/h1-3,7-15,18,31-32H,4-6,16H2. The van der Waals surface area contributed by atoms with E-state index >= 15 is 0 Å². The molecule has 0 saturated carbocycles. The van der Waals surface area contributed by atoms with Crippen LogP contribution in [0.3, 0.4) is 0 Å². The molecule has 0 fully saturated rings. The van der Waals surface area contributed by atoms with Gasteiger partial charge in [0.25, 0.3) is 0 Å². The summed E-state index contributed by atoms with van der Waals surface area (Å²) in [6.07, 6.45) is -3.63. The number of aliphatic hydroxyl groups is 1. The number of para-hydroxylation sites is 1. The van der Waals surface area contributed by atoms with E-state index in [2.05, 4.69) is 0 Å². The number of anilines is 2. The molecule has 1 atom stereocenters. The minimum Gasteiger partial charge on any atom is -0.508 e. The van der Waals surface area contributed by atoms with Crippen LogP contribution in [0.2, 0.25) is 5.02 Å². The van der Waals surface area contributed by atoms with Crippen LogP contribution in [-0.4, -0.2) is 22.7 Å². The van der Waals surface area contributed by atoms with Gasteiger partial charge in [0, 0.05) is 16.4 Å². The molecule has 0 aromatic heterocycles. The molecule has 8 heteroatoms. The van der Waals surface area contributed by atoms with Crippen LogP contribution in [0.5, 0.6) is 5.75 Å². The van der Waals surface area contributed by atoms with E-state index in [0.29, 0.717) is 23.4 Å². The van der Waals surface area contributed by atoms with Crippen molar-refractivity contribution in [2.45, 2.75) is 25.4 Å². The van der Waals surface area contributed by atoms with Crippen molar-refractivity contribution in [1.82, 2.24) is 0 Å². The third-order valence-electron chi connectivity index (χ3n) is 5.28. The molecule has 2 N–H and O–H groups in total. The number of hydrogen-bond donors (Lipinski definition) is 2. The number of hydrogen-bond acceptors (Lipinski definition) is 3. The van der Waals surface area contributed by atoms with Crippen LogP contribution < -0.4 is 4.90 Å². The second kappa shape index (κ2) is 10.7. The summed E-state index contributed by atoms with van der Waals surface area (Å²) in [6.45, 7) is -0.420. The lowest BCUT2D eigenvalue weighted by atomic mass is 9.97. The molecular weight excluding hydrogens is 455 g/mol. The Hall–Kier alpha value is -3.03. The van der Waals surface area contributed by atoms with Gasteiger partial charge in [0.15, 0.2) is 0 Å². The van der Waals surface area contributed by atoms with Crippen LogP contribution in [0.25, 0.3) is 0 Å². The lowest BCUT2D eigenvalue weighted by molar-refractivity contribution is -0.137. The molecule has 0 bridgehead atoms. The fourth-order valence-electron chi connectivity index (χ4n) is 3.54. The number of carbonyl (C=O) groups is 1. The van der Waals surface area contributed by atoms with Crippen molar-refractivity contribution < 1.29 is 28.2 Å². The predicted molar refractivity (Wildman–Crippen MR) is 122 cm³/mol. The van der Waals surface area contributed by atoms with Crippen LogP contribution >= 0.6 is 11.6 Å². The van der Waals surface area contributed by atoms with Gasteiger partial charge in [-0.25, -0.2) is 0 Å². The Labute approximate surface area is 194 Å². The first-order chi connectivity index (χ1) is 15.7. The molecule has 4 nitrogen and oxygen atoms in total. The number of aromatic hydroxyl groups is 1. The second-order valence-electron chi connectivity index (χ2n) is 7.60. The molecule has 3 rings (SSSR count). The number of amides is 1. The van der Waals surface area contributed by atoms with Gasteiger partial charge in [0.1, 0.15) is 5.75 Å². The Morgan fingerprint density at radius 1 is 0.970 bits per heavy atom. The van der Waals surface area contributed by atoms with Crippen molar-refractivity contribution in [1.29, 1.82) is 0 Å². The molecular formula is C25H23ClF3NO3. The third kappa shape index (κ3) is 6.27. The molecule has 1 unspecified atom stereocenters. The van der Waals surface area contributed by atoms with Crippen molar-refractivity contribution in [2.24, 2.45) is 5.92 Å². The average Bonchev–Trinajstić information content (AvgIpc) is 2.79. The Morgan fingerprint density at radius 3 is 2.21 bits per heavy atom. The monoisotopic (exact) mass is 477 g/mol. The molecule has 0 heterocycles. The van der Waals surface area contributed by atoms with Crippen LogP contribution in [0.15, 0.2) is 72.8 Å². The summed E-state index contributed by atoms with van der Waals surface area (Å²) in [4.78, 5) is 14.8. The van der Waals surface area contributed by atoms with Gasteiger partial charge in [-0.15, -0.1) is 0 Å². The summed E-state index contributed by atoms with van der Waals surface area (Å²) in [5, 5.41) is 19.7. The number of phenols is 1. The maximum atomic E-state index is 13.4. The summed E-state index contributed by atoms with van der Waals surface area (Å²) in [5.41, 5.74) is 0.671. The van der Waals surface area contributed by atoms with E-state index in [1.54, 1.807) is 36.4 Å². The molecule has 0 aliphatic carbocycles. The van der Waals surface area contributed by atoms with Crippen molar-refractivity contribution in [3.8, 4) is 5.75 Å². The number of aryl methyl sites for hydroxylation is 1. The quantitative estimate of drug-likeness (QED) is 0.397. The summed E-state index contributed by atoms with van der Waals surface area (Å²) in [5.74, 6) is -1.08. The zero-order chi connectivity index (χ0) is 24.0. The Morgan fingerprint density at radius 2 is 1.61 bits per heavy atom. The van der Waals surface area contributed by atoms with Gasteiger partial charge in [0.05, 0.1) is 18.1 Å². The van der Waals surface area contributed by atoms with Gasteiger partial charge in [-0.2, -0.15) is 13.2 Å². The second-order valence-corrected chi connectivity index (χ2v) is 8.01. The summed E-state index contributed by atoms with van der Waals surface area (Å²) in [6, 6.07) is 18.1. The Bertz CT molecular complexity index is 1070. The molecule has 0 aliphatic heterocycles. The highest BCUT2D eigenvalue weighted by Crippen LogP contribution is 2.33. The van der Waals surface area contributed by atoms with Gasteiger partial charge in [-0.3, -0.25) is 9.69 Å². The highest BCUT2D eigenvalue weighted by Gasteiger charge is 2.31. The topological polar surface area (TPSA) is 60.8 Å². The van der Waals surface area contributed by atoms with E-state index in [-0.39, 0.29) is 29.5 Å². The molecule has 33 heavy (non-hydrogen) atoms. The molecule has 3 aromatic rings. The van der Waals surface area contributed by atoms with Crippen molar-refractivity contribution >= 4 is 28.9 Å². The van der Waals surface area contributed by atoms with Gasteiger partial charge in [-0.1, -0.05) is 29.8 Å². The van der Waals surface area contributed by atoms with E-state index in [4.69, 9.17) is 11.6 Å². The summed E-state index contributed by atoms with van der Waals surface area (Å²) in [7, 11) is 0. The Balaban J connectivity index is 1.77. The molecule has 0 saturated heterocycles. The predicted octanol–water partition coefficient (Wildman–Crippen LogP) is 6.36. The van der Waals surface area contributed by atoms with E-state index < -0.39 is 24.3 Å². The SMILES string of the molecule is O=C(C(CO)CCCc1cc(C(F)(F)F)ccc1Cl)N(c1ccccc1)c1ccc(O)cc1. The van der Waals surface area contributed by atoms with Gasteiger partial charge < -0.3 is 10.2 Å². The number of aliphatic hydroxyl groups excluding tert-OH is 1. The first-order valence-corrected chi connectivity index (χ1v) is 10.7. The third-order valence-corrected chi connectivity index (χ3v) is 5.65. The average molecular weight is 478 g/mol. The fourth-order valence-corrected chi connectivity index (χ4v) is 3.75. The molecule has 0 aliphatic rings. The van der Waals surface area contributed by atoms with E-state index in [1.165, 1.54) is 23.1 Å². The highest BCUT2D eigenvalue weighted by molar-refractivity contribution is 6.31. The van der Waals surface area contributed by atoms with Gasteiger partial charge >= 0.3 is 6.18 Å². The minimum atomic E-state index is -4.47. The van der Waals surface area contributed by atoms with Crippen molar-refractivity contribution in [3.63, 3.8) is 0 Å². The molecule has 0 spiro atoms. The number of benzene rings is 3. The van der Waals surface area contributed by atoms with E-state index in [0.717, 1.165) is 12.1 Å². The summed E-state index contributed by atoms with van der Waals surface area (Å²) >= 11 is 6.07. The normalized spacial score (nSPS) is 12.4. The first kappa shape index (κ1) is 24.6.